The van der Waals surface area contributed by atoms with Crippen molar-refractivity contribution in [3.05, 3.63) is 41.7 Å². The fraction of sp³-hybridized carbons (Fsp3) is 0.318. The highest BCUT2D eigenvalue weighted by molar-refractivity contribution is 6.00. The lowest BCUT2D eigenvalue weighted by Crippen LogP contribution is -2.44. The van der Waals surface area contributed by atoms with Crippen molar-refractivity contribution in [2.45, 2.75) is 32.0 Å². The summed E-state index contributed by atoms with van der Waals surface area (Å²) in [6, 6.07) is 5.46. The van der Waals surface area contributed by atoms with Crippen LogP contribution in [0, 0.1) is 12.3 Å². The van der Waals surface area contributed by atoms with Crippen LogP contribution in [-0.2, 0) is 6.18 Å². The van der Waals surface area contributed by atoms with E-state index in [1.807, 2.05) is 0 Å². The Kier molecular flexibility index (Phi) is 6.03. The lowest BCUT2D eigenvalue weighted by Gasteiger charge is -2.23. The van der Waals surface area contributed by atoms with Crippen LogP contribution in [-0.4, -0.2) is 40.3 Å². The number of nitrogens with zero attached hydrogens (tertiary/aromatic N) is 3. The average molecular weight is 446 g/mol. The molecule has 168 valence electrons. The van der Waals surface area contributed by atoms with Crippen LogP contribution >= 0.6 is 0 Å². The number of ether oxygens (including phenoxy) is 2. The summed E-state index contributed by atoms with van der Waals surface area (Å²) in [5.41, 5.74) is -2.12. The van der Waals surface area contributed by atoms with Crippen molar-refractivity contribution >= 4 is 11.6 Å². The van der Waals surface area contributed by atoms with E-state index in [2.05, 4.69) is 21.3 Å². The van der Waals surface area contributed by atoms with E-state index < -0.39 is 23.3 Å². The second kappa shape index (κ2) is 8.42. The van der Waals surface area contributed by atoms with E-state index in [0.717, 1.165) is 12.3 Å². The molecule has 2 aromatic heterocycles. The highest BCUT2D eigenvalue weighted by Crippen LogP contribution is 2.35. The fourth-order valence-corrected chi connectivity index (χ4v) is 3.01. The number of carbonyl (C=O) groups is 1. The molecule has 1 N–H and O–H groups in total. The van der Waals surface area contributed by atoms with Gasteiger partial charge in [-0.2, -0.15) is 18.3 Å². The summed E-state index contributed by atoms with van der Waals surface area (Å²) < 4.78 is 52.4. The zero-order valence-electron chi connectivity index (χ0n) is 17.9. The number of methoxy groups -OCH3 is 2. The van der Waals surface area contributed by atoms with Crippen LogP contribution in [0.4, 0.5) is 13.2 Å². The van der Waals surface area contributed by atoms with Crippen molar-refractivity contribution < 1.29 is 27.4 Å². The number of halogens is 3. The third-order valence-electron chi connectivity index (χ3n) is 5.10. The lowest BCUT2D eigenvalue weighted by molar-refractivity contribution is -0.142. The number of alkyl halides is 3. The number of nitrogens with one attached hydrogen (secondary N) is 1. The van der Waals surface area contributed by atoms with Gasteiger partial charge in [0, 0.05) is 5.56 Å². The number of terminal acetylenes is 1. The molecule has 1 aromatic carbocycles. The summed E-state index contributed by atoms with van der Waals surface area (Å²) >= 11 is 0. The molecule has 0 unspecified atom stereocenters. The Bertz CT molecular complexity index is 1210. The third kappa shape index (κ3) is 4.19. The number of hydrogen-bond acceptors (Lipinski definition) is 5. The van der Waals surface area contributed by atoms with Crippen molar-refractivity contribution in [2.75, 3.05) is 14.2 Å². The summed E-state index contributed by atoms with van der Waals surface area (Å²) in [7, 11) is 2.86. The van der Waals surface area contributed by atoms with E-state index in [4.69, 9.17) is 15.9 Å². The Morgan fingerprint density at radius 1 is 1.22 bits per heavy atom. The summed E-state index contributed by atoms with van der Waals surface area (Å²) in [4.78, 5) is 17.1. The topological polar surface area (TPSA) is 77.8 Å². The minimum atomic E-state index is -4.75. The van der Waals surface area contributed by atoms with Gasteiger partial charge in [-0.25, -0.2) is 9.50 Å². The van der Waals surface area contributed by atoms with Crippen molar-refractivity contribution in [1.29, 1.82) is 0 Å². The van der Waals surface area contributed by atoms with Crippen LogP contribution in [0.3, 0.4) is 0 Å². The van der Waals surface area contributed by atoms with Gasteiger partial charge >= 0.3 is 6.18 Å². The predicted octanol–water partition coefficient (Wildman–Crippen LogP) is 3.96. The summed E-state index contributed by atoms with van der Waals surface area (Å²) in [5.74, 6) is 2.53. The molecule has 7 nitrogen and oxygen atoms in total. The van der Waals surface area contributed by atoms with E-state index in [0.29, 0.717) is 28.0 Å². The van der Waals surface area contributed by atoms with Crippen molar-refractivity contribution in [3.8, 4) is 35.1 Å². The minimum Gasteiger partial charge on any atom is -0.493 e. The van der Waals surface area contributed by atoms with Gasteiger partial charge in [0.25, 0.3) is 5.91 Å². The molecule has 0 saturated heterocycles. The molecule has 2 heterocycles. The van der Waals surface area contributed by atoms with Crippen LogP contribution in [0.25, 0.3) is 16.9 Å². The van der Waals surface area contributed by atoms with Gasteiger partial charge in [-0.15, -0.1) is 6.42 Å². The Labute approximate surface area is 182 Å². The number of carbonyl (C=O) groups excluding carboxylic acids is 1. The van der Waals surface area contributed by atoms with Crippen molar-refractivity contribution in [3.63, 3.8) is 0 Å². The molecule has 0 aliphatic heterocycles. The van der Waals surface area contributed by atoms with Gasteiger partial charge in [-0.1, -0.05) is 12.8 Å². The van der Waals surface area contributed by atoms with Gasteiger partial charge in [0.1, 0.15) is 5.56 Å². The van der Waals surface area contributed by atoms with E-state index >= 15 is 0 Å². The first-order chi connectivity index (χ1) is 15.1. The van der Waals surface area contributed by atoms with Gasteiger partial charge in [0.2, 0.25) is 0 Å². The second-order valence-electron chi connectivity index (χ2n) is 7.17. The number of fused-ring (bicyclic) bond motifs is 1. The first-order valence-corrected chi connectivity index (χ1v) is 9.55. The molecule has 0 saturated carbocycles. The van der Waals surface area contributed by atoms with Crippen LogP contribution in [0.15, 0.2) is 30.5 Å². The first-order valence-electron chi connectivity index (χ1n) is 9.55. The normalized spacial score (nSPS) is 13.3. The number of amides is 1. The molecule has 0 spiro atoms. The monoisotopic (exact) mass is 446 g/mol. The summed E-state index contributed by atoms with van der Waals surface area (Å²) in [6.45, 7) is 3.42. The van der Waals surface area contributed by atoms with E-state index in [1.165, 1.54) is 20.3 Å². The number of benzene rings is 1. The minimum absolute atomic E-state index is 0.0180. The number of hydrogen-bond donors (Lipinski definition) is 1. The van der Waals surface area contributed by atoms with Crippen LogP contribution in [0.1, 0.15) is 36.3 Å². The molecular formula is C22H21F3N4O3. The molecule has 1 atom stereocenters. The number of rotatable bonds is 6. The Hall–Kier alpha value is -3.74. The highest BCUT2D eigenvalue weighted by Gasteiger charge is 2.36. The Morgan fingerprint density at radius 2 is 1.91 bits per heavy atom. The lowest BCUT2D eigenvalue weighted by atomic mass is 10.00. The van der Waals surface area contributed by atoms with Gasteiger partial charge in [0.05, 0.1) is 31.6 Å². The van der Waals surface area contributed by atoms with Crippen molar-refractivity contribution in [2.24, 2.45) is 0 Å². The van der Waals surface area contributed by atoms with Crippen LogP contribution in [0.5, 0.6) is 11.5 Å². The van der Waals surface area contributed by atoms with Gasteiger partial charge in [-0.05, 0) is 37.6 Å². The highest BCUT2D eigenvalue weighted by atomic mass is 19.4. The van der Waals surface area contributed by atoms with Crippen LogP contribution < -0.4 is 14.8 Å². The molecule has 3 aromatic rings. The molecule has 0 radical (unpaired) electrons. The smallest absolute Gasteiger partial charge is 0.433 e. The molecule has 32 heavy (non-hydrogen) atoms. The SMILES string of the molecule is C#C[C@](C)(CC)NC(=O)c1cnn2c(C(F)(F)F)cc(-c3ccc(OC)c(OC)c3)nc12. The number of aromatic nitrogens is 3. The molecule has 0 aliphatic carbocycles. The third-order valence-corrected chi connectivity index (χ3v) is 5.10. The van der Waals surface area contributed by atoms with Gasteiger partial charge in [-0.3, -0.25) is 4.79 Å². The summed E-state index contributed by atoms with van der Waals surface area (Å²) in [6.07, 6.45) is 2.21. The molecule has 0 bridgehead atoms. The Balaban J connectivity index is 2.21. The summed E-state index contributed by atoms with van der Waals surface area (Å²) in [5, 5.41) is 6.41. The standard InChI is InChI=1S/C22H21F3N4O3/c1-6-21(3,7-2)28-20(30)14-12-26-29-18(22(23,24)25)11-15(27-19(14)29)13-8-9-16(31-4)17(10-13)32-5/h1,8-12H,7H2,2-5H3,(H,28,30)/t21-/m1/s1. The van der Waals surface area contributed by atoms with Crippen molar-refractivity contribution in [1.82, 2.24) is 19.9 Å². The second-order valence-corrected chi connectivity index (χ2v) is 7.17. The van der Waals surface area contributed by atoms with Gasteiger partial charge in [0.15, 0.2) is 22.8 Å². The maximum atomic E-state index is 13.8. The maximum Gasteiger partial charge on any atom is 0.433 e. The first kappa shape index (κ1) is 22.9. The molecule has 0 fully saturated rings. The molecule has 3 rings (SSSR count). The largest absolute Gasteiger partial charge is 0.493 e. The quantitative estimate of drug-likeness (QED) is 0.580. The van der Waals surface area contributed by atoms with E-state index in [9.17, 15) is 18.0 Å². The zero-order valence-corrected chi connectivity index (χ0v) is 17.9. The molecule has 1 amide bonds. The van der Waals surface area contributed by atoms with E-state index in [-0.39, 0.29) is 16.9 Å². The zero-order chi connectivity index (χ0) is 23.7. The predicted molar refractivity (Wildman–Crippen MR) is 112 cm³/mol. The van der Waals surface area contributed by atoms with Crippen LogP contribution in [0.2, 0.25) is 0 Å². The fourth-order valence-electron chi connectivity index (χ4n) is 3.01. The average Bonchev–Trinajstić information content (AvgIpc) is 3.21. The van der Waals surface area contributed by atoms with Gasteiger partial charge < -0.3 is 14.8 Å². The molecule has 0 aliphatic rings. The molecule has 10 heteroatoms. The van der Waals surface area contributed by atoms with E-state index in [1.54, 1.807) is 26.0 Å². The molecular weight excluding hydrogens is 425 g/mol. The Morgan fingerprint density at radius 3 is 2.47 bits per heavy atom. The maximum absolute atomic E-state index is 13.8.